The fourth-order valence-corrected chi connectivity index (χ4v) is 3.79. The number of rotatable bonds is 8. The number of hydrogen-bond donors (Lipinski definition) is 3. The van der Waals surface area contributed by atoms with E-state index in [9.17, 15) is 9.59 Å². The lowest BCUT2D eigenvalue weighted by Crippen LogP contribution is -2.36. The number of anilines is 1. The Labute approximate surface area is 173 Å². The largest absolute Gasteiger partial charge is 0.376 e. The molecule has 1 fully saturated rings. The van der Waals surface area contributed by atoms with Crippen LogP contribution >= 0.6 is 0 Å². The molecule has 0 spiro atoms. The molecule has 0 heterocycles. The Kier molecular flexibility index (Phi) is 7.68. The normalized spacial score (nSPS) is 15.3. The molecule has 5 nitrogen and oxygen atoms in total. The van der Waals surface area contributed by atoms with Crippen LogP contribution in [-0.4, -0.2) is 24.4 Å². The van der Waals surface area contributed by atoms with Gasteiger partial charge in [0, 0.05) is 17.3 Å². The van der Waals surface area contributed by atoms with Crippen molar-refractivity contribution in [1.29, 1.82) is 0 Å². The Balaban J connectivity index is 1.46. The maximum absolute atomic E-state index is 12.4. The lowest BCUT2D eigenvalue weighted by Gasteiger charge is -2.22. The molecule has 0 bridgehead atoms. The van der Waals surface area contributed by atoms with Crippen LogP contribution in [0.25, 0.3) is 0 Å². The van der Waals surface area contributed by atoms with Crippen molar-refractivity contribution in [3.05, 3.63) is 65.7 Å². The molecule has 0 aliphatic heterocycles. The van der Waals surface area contributed by atoms with Gasteiger partial charge >= 0.3 is 0 Å². The first kappa shape index (κ1) is 20.9. The summed E-state index contributed by atoms with van der Waals surface area (Å²) >= 11 is 0. The molecule has 3 N–H and O–H groups in total. The number of benzene rings is 2. The van der Waals surface area contributed by atoms with Crippen LogP contribution < -0.4 is 16.0 Å². The zero-order valence-electron chi connectivity index (χ0n) is 17.1. The molecule has 1 aliphatic carbocycles. The minimum Gasteiger partial charge on any atom is -0.376 e. The number of carbonyl (C=O) groups is 2. The van der Waals surface area contributed by atoms with Crippen LogP contribution in [-0.2, 0) is 4.79 Å². The van der Waals surface area contributed by atoms with E-state index < -0.39 is 0 Å². The minimum atomic E-state index is -0.0557. The van der Waals surface area contributed by atoms with E-state index in [1.165, 1.54) is 19.3 Å². The molecule has 0 radical (unpaired) electrons. The molecule has 1 saturated carbocycles. The molecule has 2 amide bonds. The maximum Gasteiger partial charge on any atom is 0.251 e. The fourth-order valence-electron chi connectivity index (χ4n) is 3.79. The van der Waals surface area contributed by atoms with Crippen LogP contribution in [0.5, 0.6) is 0 Å². The Morgan fingerprint density at radius 2 is 1.66 bits per heavy atom. The van der Waals surface area contributed by atoms with Gasteiger partial charge < -0.3 is 16.0 Å². The van der Waals surface area contributed by atoms with E-state index in [1.807, 2.05) is 42.5 Å². The van der Waals surface area contributed by atoms with Crippen molar-refractivity contribution < 1.29 is 9.59 Å². The van der Waals surface area contributed by atoms with Crippen LogP contribution in [0.15, 0.2) is 54.6 Å². The van der Waals surface area contributed by atoms with E-state index in [2.05, 4.69) is 22.9 Å². The van der Waals surface area contributed by atoms with E-state index >= 15 is 0 Å². The molecule has 0 aromatic heterocycles. The molecule has 1 unspecified atom stereocenters. The molecular weight excluding hydrogens is 362 g/mol. The van der Waals surface area contributed by atoms with E-state index in [0.29, 0.717) is 11.6 Å². The first-order chi connectivity index (χ1) is 14.2. The molecule has 1 atom stereocenters. The van der Waals surface area contributed by atoms with Crippen LogP contribution in [0, 0.1) is 0 Å². The van der Waals surface area contributed by atoms with Gasteiger partial charge in [0.15, 0.2) is 0 Å². The highest BCUT2D eigenvalue weighted by atomic mass is 16.2. The van der Waals surface area contributed by atoms with Crippen molar-refractivity contribution in [3.8, 4) is 0 Å². The Bertz CT molecular complexity index is 784. The van der Waals surface area contributed by atoms with Crippen LogP contribution in [0.4, 0.5) is 5.69 Å². The highest BCUT2D eigenvalue weighted by Gasteiger charge is 2.16. The summed E-state index contributed by atoms with van der Waals surface area (Å²) in [5, 5.41) is 9.32. The third-order valence-corrected chi connectivity index (χ3v) is 5.49. The molecule has 29 heavy (non-hydrogen) atoms. The lowest BCUT2D eigenvalue weighted by molar-refractivity contribution is -0.120. The summed E-state index contributed by atoms with van der Waals surface area (Å²) in [5.74, 6) is -0.0744. The summed E-state index contributed by atoms with van der Waals surface area (Å²) in [6.07, 6.45) is 6.63. The molecule has 1 aliphatic rings. The quantitative estimate of drug-likeness (QED) is 0.621. The fraction of sp³-hybridized carbons (Fsp3) is 0.417. The van der Waals surface area contributed by atoms with E-state index in [-0.39, 0.29) is 24.4 Å². The third kappa shape index (κ3) is 6.34. The topological polar surface area (TPSA) is 70.2 Å². The van der Waals surface area contributed by atoms with Crippen LogP contribution in [0.3, 0.4) is 0 Å². The molecule has 0 saturated heterocycles. The number of hydrogen-bond acceptors (Lipinski definition) is 3. The second-order valence-corrected chi connectivity index (χ2v) is 7.68. The summed E-state index contributed by atoms with van der Waals surface area (Å²) in [4.78, 5) is 24.7. The van der Waals surface area contributed by atoms with Crippen molar-refractivity contribution >= 4 is 17.5 Å². The molecular formula is C24H31N3O2. The number of carbonyl (C=O) groups excluding carboxylic acids is 2. The number of amides is 2. The predicted octanol–water partition coefficient (Wildman–Crippen LogP) is 4.43. The van der Waals surface area contributed by atoms with Gasteiger partial charge in [-0.3, -0.25) is 9.59 Å². The summed E-state index contributed by atoms with van der Waals surface area (Å²) in [5.41, 5.74) is 2.58. The predicted molar refractivity (Wildman–Crippen MR) is 117 cm³/mol. The highest BCUT2D eigenvalue weighted by Crippen LogP contribution is 2.18. The number of nitrogens with one attached hydrogen (secondary N) is 3. The van der Waals surface area contributed by atoms with Gasteiger partial charge in [0.1, 0.15) is 0 Å². The van der Waals surface area contributed by atoms with Crippen molar-refractivity contribution in [2.24, 2.45) is 0 Å². The van der Waals surface area contributed by atoms with Gasteiger partial charge in [-0.15, -0.1) is 0 Å². The van der Waals surface area contributed by atoms with Crippen molar-refractivity contribution in [1.82, 2.24) is 10.6 Å². The Morgan fingerprint density at radius 1 is 0.966 bits per heavy atom. The van der Waals surface area contributed by atoms with Gasteiger partial charge in [-0.1, -0.05) is 56.5 Å². The average Bonchev–Trinajstić information content (AvgIpc) is 2.77. The smallest absolute Gasteiger partial charge is 0.251 e. The first-order valence-corrected chi connectivity index (χ1v) is 10.6. The molecule has 3 rings (SSSR count). The van der Waals surface area contributed by atoms with E-state index in [1.54, 1.807) is 12.1 Å². The van der Waals surface area contributed by atoms with E-state index in [0.717, 1.165) is 30.5 Å². The van der Waals surface area contributed by atoms with Gasteiger partial charge in [-0.05, 0) is 49.1 Å². The zero-order chi connectivity index (χ0) is 20.5. The summed E-state index contributed by atoms with van der Waals surface area (Å²) in [6, 6.07) is 17.6. The second kappa shape index (κ2) is 10.6. The van der Waals surface area contributed by atoms with Crippen molar-refractivity contribution in [2.75, 3.05) is 11.9 Å². The first-order valence-electron chi connectivity index (χ1n) is 10.6. The van der Waals surface area contributed by atoms with Gasteiger partial charge in [-0.25, -0.2) is 0 Å². The monoisotopic (exact) mass is 393 g/mol. The summed E-state index contributed by atoms with van der Waals surface area (Å²) < 4.78 is 0. The average molecular weight is 394 g/mol. The Hall–Kier alpha value is -2.82. The van der Waals surface area contributed by atoms with Crippen LogP contribution in [0.2, 0.25) is 0 Å². The maximum atomic E-state index is 12.4. The highest BCUT2D eigenvalue weighted by molar-refractivity contribution is 5.94. The van der Waals surface area contributed by atoms with Gasteiger partial charge in [0.2, 0.25) is 5.91 Å². The standard InChI is InChI=1S/C24H31N3O2/c1-2-22(18-9-5-3-6-10-18)27-23(28)17-25-20-15-13-19(14-16-20)24(29)26-21-11-7-4-8-12-21/h3,5-6,9-10,13-16,21-22,25H,2,4,7-8,11-12,17H2,1H3,(H,26,29)(H,27,28). The van der Waals surface area contributed by atoms with Crippen molar-refractivity contribution in [3.63, 3.8) is 0 Å². The summed E-state index contributed by atoms with van der Waals surface area (Å²) in [6.45, 7) is 2.25. The summed E-state index contributed by atoms with van der Waals surface area (Å²) in [7, 11) is 0. The third-order valence-electron chi connectivity index (χ3n) is 5.49. The van der Waals surface area contributed by atoms with Crippen LogP contribution in [0.1, 0.15) is 67.4 Å². The zero-order valence-corrected chi connectivity index (χ0v) is 17.1. The van der Waals surface area contributed by atoms with Crippen molar-refractivity contribution in [2.45, 2.75) is 57.5 Å². The molecule has 2 aromatic rings. The van der Waals surface area contributed by atoms with E-state index in [4.69, 9.17) is 0 Å². The van der Waals surface area contributed by atoms with Gasteiger partial charge in [0.25, 0.3) is 5.91 Å². The SMILES string of the molecule is CCC(NC(=O)CNc1ccc(C(=O)NC2CCCCC2)cc1)c1ccccc1. The molecule has 154 valence electrons. The minimum absolute atomic E-state index is 0.0105. The van der Waals surface area contributed by atoms with Gasteiger partial charge in [-0.2, -0.15) is 0 Å². The Morgan fingerprint density at radius 3 is 2.31 bits per heavy atom. The van der Waals surface area contributed by atoms with Gasteiger partial charge in [0.05, 0.1) is 12.6 Å². The molecule has 2 aromatic carbocycles. The lowest BCUT2D eigenvalue weighted by atomic mass is 9.95. The second-order valence-electron chi connectivity index (χ2n) is 7.68. The molecule has 5 heteroatoms.